The molecule has 4 N–H and O–H groups in total. The van der Waals surface area contributed by atoms with Crippen LogP contribution in [-0.2, 0) is 9.59 Å². The predicted octanol–water partition coefficient (Wildman–Crippen LogP) is 0.792. The molecule has 0 heterocycles. The lowest BCUT2D eigenvalue weighted by Crippen LogP contribution is -2.49. The van der Waals surface area contributed by atoms with Gasteiger partial charge in [-0.2, -0.15) is 0 Å². The van der Waals surface area contributed by atoms with Gasteiger partial charge in [0.15, 0.2) is 0 Å². The lowest BCUT2D eigenvalue weighted by Gasteiger charge is -2.18. The van der Waals surface area contributed by atoms with Crippen molar-refractivity contribution < 1.29 is 24.6 Å². The van der Waals surface area contributed by atoms with Gasteiger partial charge in [0.05, 0.1) is 6.42 Å². The smallest absolute Gasteiger partial charge is 0.326 e. The molecule has 0 aliphatic rings. The zero-order valence-corrected chi connectivity index (χ0v) is 10.6. The van der Waals surface area contributed by atoms with Crippen molar-refractivity contribution in [3.8, 4) is 0 Å². The molecule has 18 heavy (non-hydrogen) atoms. The fourth-order valence-electron chi connectivity index (χ4n) is 1.49. The molecule has 0 aromatic rings. The molecule has 0 radical (unpaired) electrons. The molecule has 0 spiro atoms. The molecule has 0 saturated heterocycles. The number of rotatable bonds is 8. The van der Waals surface area contributed by atoms with E-state index in [0.29, 0.717) is 0 Å². The summed E-state index contributed by atoms with van der Waals surface area (Å²) in [5.41, 5.74) is 0. The van der Waals surface area contributed by atoms with Gasteiger partial charge in [-0.05, 0) is 12.8 Å². The Balaban J connectivity index is 4.32. The number of amides is 2. The van der Waals surface area contributed by atoms with Crippen LogP contribution in [0.3, 0.4) is 0 Å². The number of carbonyl (C=O) groups is 3. The minimum absolute atomic E-state index is 0.0331. The van der Waals surface area contributed by atoms with Crippen LogP contribution in [0.5, 0.6) is 0 Å². The first kappa shape index (κ1) is 16.2. The number of carboxylic acids is 2. The van der Waals surface area contributed by atoms with Gasteiger partial charge >= 0.3 is 18.0 Å². The van der Waals surface area contributed by atoms with Crippen molar-refractivity contribution in [2.45, 2.75) is 51.6 Å². The first-order valence-corrected chi connectivity index (χ1v) is 5.92. The second kappa shape index (κ2) is 8.32. The number of aliphatic carboxylic acids is 2. The van der Waals surface area contributed by atoms with Gasteiger partial charge in [-0.25, -0.2) is 9.59 Å². The molecule has 0 aliphatic carbocycles. The van der Waals surface area contributed by atoms with E-state index in [1.165, 1.54) is 0 Å². The van der Waals surface area contributed by atoms with E-state index in [1.54, 1.807) is 0 Å². The summed E-state index contributed by atoms with van der Waals surface area (Å²) in [6, 6.07) is -2.10. The summed E-state index contributed by atoms with van der Waals surface area (Å²) in [6.45, 7) is 3.89. The lowest BCUT2D eigenvalue weighted by molar-refractivity contribution is -0.145. The normalized spacial score (nSPS) is 13.4. The number of carbonyl (C=O) groups excluding carboxylic acids is 1. The third kappa shape index (κ3) is 6.72. The molecule has 0 rings (SSSR count). The quantitative estimate of drug-likeness (QED) is 0.515. The van der Waals surface area contributed by atoms with Gasteiger partial charge in [0.1, 0.15) is 6.04 Å². The SMILES string of the molecule is CCCC(CC)NC(=O)NC(CC(=O)O)C(=O)O. The van der Waals surface area contributed by atoms with Crippen molar-refractivity contribution >= 4 is 18.0 Å². The molecule has 0 aliphatic heterocycles. The van der Waals surface area contributed by atoms with Crippen molar-refractivity contribution in [2.75, 3.05) is 0 Å². The van der Waals surface area contributed by atoms with E-state index in [2.05, 4.69) is 10.6 Å². The topological polar surface area (TPSA) is 116 Å². The number of urea groups is 1. The van der Waals surface area contributed by atoms with Gasteiger partial charge in [0, 0.05) is 6.04 Å². The van der Waals surface area contributed by atoms with Gasteiger partial charge in [-0.1, -0.05) is 20.3 Å². The zero-order chi connectivity index (χ0) is 14.1. The lowest BCUT2D eigenvalue weighted by atomic mass is 10.1. The van der Waals surface area contributed by atoms with Crippen molar-refractivity contribution in [3.05, 3.63) is 0 Å². The van der Waals surface area contributed by atoms with Crippen LogP contribution in [-0.4, -0.2) is 40.3 Å². The highest BCUT2D eigenvalue weighted by atomic mass is 16.4. The molecular formula is C11H20N2O5. The maximum absolute atomic E-state index is 11.5. The molecule has 0 saturated carbocycles. The maximum Gasteiger partial charge on any atom is 0.326 e. The third-order valence-corrected chi connectivity index (χ3v) is 2.45. The fourth-order valence-corrected chi connectivity index (χ4v) is 1.49. The van der Waals surface area contributed by atoms with Crippen molar-refractivity contribution in [1.29, 1.82) is 0 Å². The van der Waals surface area contributed by atoms with Crippen molar-refractivity contribution in [3.63, 3.8) is 0 Å². The zero-order valence-electron chi connectivity index (χ0n) is 10.6. The van der Waals surface area contributed by atoms with Crippen LogP contribution in [0.2, 0.25) is 0 Å². The summed E-state index contributed by atoms with van der Waals surface area (Å²) in [7, 11) is 0. The summed E-state index contributed by atoms with van der Waals surface area (Å²) in [5, 5.41) is 22.0. The molecule has 0 fully saturated rings. The highest BCUT2D eigenvalue weighted by Crippen LogP contribution is 2.01. The maximum atomic E-state index is 11.5. The molecule has 104 valence electrons. The predicted molar refractivity (Wildman–Crippen MR) is 64.3 cm³/mol. The van der Waals surface area contributed by atoms with Gasteiger partial charge in [-0.15, -0.1) is 0 Å². The van der Waals surface area contributed by atoms with Crippen LogP contribution in [0.15, 0.2) is 0 Å². The largest absolute Gasteiger partial charge is 0.481 e. The first-order chi connectivity index (χ1) is 8.40. The number of hydrogen-bond donors (Lipinski definition) is 4. The molecule has 7 heteroatoms. The Hall–Kier alpha value is -1.79. The van der Waals surface area contributed by atoms with E-state index in [1.807, 2.05) is 13.8 Å². The number of hydrogen-bond acceptors (Lipinski definition) is 3. The fraction of sp³-hybridized carbons (Fsp3) is 0.727. The Labute approximate surface area is 106 Å². The number of nitrogens with one attached hydrogen (secondary N) is 2. The molecule has 0 bridgehead atoms. The van der Waals surface area contributed by atoms with Crippen LogP contribution in [0.4, 0.5) is 4.79 Å². The average molecular weight is 260 g/mol. The van der Waals surface area contributed by atoms with Crippen LogP contribution in [0, 0.1) is 0 Å². The summed E-state index contributed by atoms with van der Waals surface area (Å²) in [5.74, 6) is -2.64. The van der Waals surface area contributed by atoms with E-state index in [4.69, 9.17) is 10.2 Å². The van der Waals surface area contributed by atoms with Gasteiger partial charge in [0.25, 0.3) is 0 Å². The van der Waals surface area contributed by atoms with E-state index in [-0.39, 0.29) is 6.04 Å². The molecule has 2 unspecified atom stereocenters. The second-order valence-corrected chi connectivity index (χ2v) is 4.00. The third-order valence-electron chi connectivity index (χ3n) is 2.45. The van der Waals surface area contributed by atoms with Crippen LogP contribution in [0.25, 0.3) is 0 Å². The van der Waals surface area contributed by atoms with Gasteiger partial charge in [-0.3, -0.25) is 4.79 Å². The Kier molecular flexibility index (Phi) is 7.50. The molecule has 2 atom stereocenters. The molecule has 7 nitrogen and oxygen atoms in total. The van der Waals surface area contributed by atoms with Crippen LogP contribution in [0.1, 0.15) is 39.5 Å². The minimum atomic E-state index is -1.42. The molecule has 2 amide bonds. The Morgan fingerprint density at radius 3 is 2.11 bits per heavy atom. The Morgan fingerprint density at radius 1 is 1.11 bits per heavy atom. The average Bonchev–Trinajstić information content (AvgIpc) is 2.26. The van der Waals surface area contributed by atoms with Gasteiger partial charge < -0.3 is 20.8 Å². The second-order valence-electron chi connectivity index (χ2n) is 4.00. The number of carboxylic acid groups (broad SMARTS) is 2. The summed E-state index contributed by atoms with van der Waals surface area (Å²) >= 11 is 0. The molecular weight excluding hydrogens is 240 g/mol. The Morgan fingerprint density at radius 2 is 1.72 bits per heavy atom. The van der Waals surface area contributed by atoms with Crippen molar-refractivity contribution in [1.82, 2.24) is 10.6 Å². The van der Waals surface area contributed by atoms with Gasteiger partial charge in [0.2, 0.25) is 0 Å². The van der Waals surface area contributed by atoms with E-state index in [0.717, 1.165) is 19.3 Å². The van der Waals surface area contributed by atoms with Crippen LogP contribution < -0.4 is 10.6 Å². The highest BCUT2D eigenvalue weighted by Gasteiger charge is 2.23. The summed E-state index contributed by atoms with van der Waals surface area (Å²) in [6.07, 6.45) is 1.78. The minimum Gasteiger partial charge on any atom is -0.481 e. The summed E-state index contributed by atoms with van der Waals surface area (Å²) < 4.78 is 0. The highest BCUT2D eigenvalue weighted by molar-refractivity contribution is 5.86. The standard InChI is InChI=1S/C11H20N2O5/c1-3-5-7(4-2)12-11(18)13-8(10(16)17)6-9(14)15/h7-8H,3-6H2,1-2H3,(H,14,15)(H,16,17)(H2,12,13,18). The van der Waals surface area contributed by atoms with E-state index >= 15 is 0 Å². The molecule has 0 aromatic carbocycles. The van der Waals surface area contributed by atoms with E-state index < -0.39 is 30.4 Å². The summed E-state index contributed by atoms with van der Waals surface area (Å²) in [4.78, 5) is 32.7. The van der Waals surface area contributed by atoms with Crippen LogP contribution >= 0.6 is 0 Å². The van der Waals surface area contributed by atoms with E-state index in [9.17, 15) is 14.4 Å². The monoisotopic (exact) mass is 260 g/mol. The molecule has 0 aromatic heterocycles. The van der Waals surface area contributed by atoms with Crippen molar-refractivity contribution in [2.24, 2.45) is 0 Å². The Bertz CT molecular complexity index is 306. The first-order valence-electron chi connectivity index (χ1n) is 5.92.